The van der Waals surface area contributed by atoms with Gasteiger partial charge in [0.15, 0.2) is 0 Å². The zero-order valence-electron chi connectivity index (χ0n) is 21.9. The van der Waals surface area contributed by atoms with Crippen LogP contribution in [0.4, 0.5) is 29.2 Å². The van der Waals surface area contributed by atoms with Crippen LogP contribution in [0.25, 0.3) is 0 Å². The number of nitrogens with one attached hydrogen (secondary N) is 3. The molecule has 0 radical (unpaired) electrons. The molecular weight excluding hydrogens is 436 g/mol. The summed E-state index contributed by atoms with van der Waals surface area (Å²) in [7, 11) is 0. The summed E-state index contributed by atoms with van der Waals surface area (Å²) >= 11 is 0. The predicted molar refractivity (Wildman–Crippen MR) is 147 cm³/mol. The van der Waals surface area contributed by atoms with Gasteiger partial charge < -0.3 is 20.9 Å². The highest BCUT2D eigenvalue weighted by atomic mass is 15.3. The summed E-state index contributed by atoms with van der Waals surface area (Å²) in [4.78, 5) is 19.1. The molecule has 8 nitrogen and oxygen atoms in total. The molecule has 0 amide bonds. The Morgan fingerprint density at radius 3 is 2.20 bits per heavy atom. The Kier molecular flexibility index (Phi) is 9.40. The van der Waals surface area contributed by atoms with E-state index in [1.54, 1.807) is 0 Å². The summed E-state index contributed by atoms with van der Waals surface area (Å²) in [6, 6.07) is 9.47. The van der Waals surface area contributed by atoms with E-state index >= 15 is 0 Å². The van der Waals surface area contributed by atoms with Crippen molar-refractivity contribution >= 4 is 29.2 Å². The van der Waals surface area contributed by atoms with Crippen molar-refractivity contribution in [3.8, 4) is 0 Å². The summed E-state index contributed by atoms with van der Waals surface area (Å²) in [5, 5.41) is 10.5. The lowest BCUT2D eigenvalue weighted by atomic mass is 10.1. The van der Waals surface area contributed by atoms with Crippen molar-refractivity contribution < 1.29 is 0 Å². The van der Waals surface area contributed by atoms with Crippen LogP contribution in [0.3, 0.4) is 0 Å². The maximum atomic E-state index is 4.76. The second-order valence-corrected chi connectivity index (χ2v) is 9.79. The summed E-state index contributed by atoms with van der Waals surface area (Å²) in [6.45, 7) is 11.7. The van der Waals surface area contributed by atoms with E-state index in [1.165, 1.54) is 63.6 Å². The summed E-state index contributed by atoms with van der Waals surface area (Å²) in [6.07, 6.45) is 10.0. The van der Waals surface area contributed by atoms with Gasteiger partial charge in [-0.2, -0.15) is 15.0 Å². The van der Waals surface area contributed by atoms with E-state index in [4.69, 9.17) is 15.0 Å². The van der Waals surface area contributed by atoms with Crippen molar-refractivity contribution in [2.45, 2.75) is 84.2 Å². The van der Waals surface area contributed by atoms with E-state index in [1.807, 2.05) is 0 Å². The minimum atomic E-state index is 0.430. The highest BCUT2D eigenvalue weighted by Gasteiger charge is 2.23. The normalized spacial score (nSPS) is 19.3. The minimum Gasteiger partial charge on any atom is -0.372 e. The minimum absolute atomic E-state index is 0.430. The molecule has 2 heterocycles. The monoisotopic (exact) mass is 480 g/mol. The van der Waals surface area contributed by atoms with Gasteiger partial charge in [-0.1, -0.05) is 32.6 Å². The molecule has 0 bridgehead atoms. The highest BCUT2D eigenvalue weighted by molar-refractivity contribution is 5.60. The Morgan fingerprint density at radius 2 is 1.51 bits per heavy atom. The van der Waals surface area contributed by atoms with Crippen molar-refractivity contribution in [1.82, 2.24) is 19.9 Å². The van der Waals surface area contributed by atoms with Crippen molar-refractivity contribution in [1.29, 1.82) is 0 Å². The van der Waals surface area contributed by atoms with Crippen LogP contribution < -0.4 is 20.9 Å². The van der Waals surface area contributed by atoms with E-state index < -0.39 is 0 Å². The first kappa shape index (κ1) is 25.5. The van der Waals surface area contributed by atoms with Crippen LogP contribution in [-0.2, 0) is 0 Å². The molecule has 3 N–H and O–H groups in total. The fraction of sp³-hybridized carbons (Fsp3) is 0.667. The lowest BCUT2D eigenvalue weighted by Crippen LogP contribution is -2.35. The van der Waals surface area contributed by atoms with Crippen LogP contribution in [0, 0.1) is 0 Å². The van der Waals surface area contributed by atoms with Gasteiger partial charge in [-0.3, -0.25) is 4.90 Å². The predicted octanol–water partition coefficient (Wildman–Crippen LogP) is 5.49. The molecule has 1 aliphatic carbocycles. The van der Waals surface area contributed by atoms with Crippen molar-refractivity contribution in [2.24, 2.45) is 0 Å². The van der Waals surface area contributed by atoms with Gasteiger partial charge in [0.2, 0.25) is 17.8 Å². The molecular formula is C27H44N8. The molecule has 1 aromatic carbocycles. The van der Waals surface area contributed by atoms with Gasteiger partial charge in [0.05, 0.1) is 0 Å². The molecule has 1 aliphatic heterocycles. The number of aromatic nitrogens is 3. The molecule has 1 saturated carbocycles. The van der Waals surface area contributed by atoms with Gasteiger partial charge >= 0.3 is 0 Å². The van der Waals surface area contributed by atoms with Gasteiger partial charge in [-0.05, 0) is 76.9 Å². The Bertz CT molecular complexity index is 891. The quantitative estimate of drug-likeness (QED) is 0.364. The van der Waals surface area contributed by atoms with E-state index in [0.717, 1.165) is 31.9 Å². The van der Waals surface area contributed by atoms with Gasteiger partial charge in [-0.25, -0.2) is 0 Å². The molecule has 0 spiro atoms. The molecule has 2 fully saturated rings. The van der Waals surface area contributed by atoms with Crippen molar-refractivity contribution in [3.05, 3.63) is 24.3 Å². The van der Waals surface area contributed by atoms with E-state index in [0.29, 0.717) is 29.9 Å². The standard InChI is InChI=1S/C27H44N8/c1-4-34(5-2)23-17-15-22(16-18-23)30-27-32-25(28-20-24-14-11-19-35(24)6-3)31-26(33-27)29-21-12-9-7-8-10-13-21/h15-18,21,24H,4-14,19-20H2,1-3H3,(H3,28,29,30,31,32,33). The summed E-state index contributed by atoms with van der Waals surface area (Å²) in [5.41, 5.74) is 2.21. The first-order valence-corrected chi connectivity index (χ1v) is 13.8. The van der Waals surface area contributed by atoms with E-state index in [9.17, 15) is 0 Å². The largest absolute Gasteiger partial charge is 0.372 e. The molecule has 1 aromatic heterocycles. The van der Waals surface area contributed by atoms with Gasteiger partial charge in [0, 0.05) is 43.1 Å². The van der Waals surface area contributed by atoms with Crippen LogP contribution in [-0.4, -0.2) is 64.7 Å². The van der Waals surface area contributed by atoms with Gasteiger partial charge in [-0.15, -0.1) is 0 Å². The Balaban J connectivity index is 1.49. The van der Waals surface area contributed by atoms with Gasteiger partial charge in [0.1, 0.15) is 0 Å². The second kappa shape index (κ2) is 12.9. The molecule has 35 heavy (non-hydrogen) atoms. The molecule has 1 unspecified atom stereocenters. The number of benzene rings is 1. The molecule has 1 saturated heterocycles. The molecule has 8 heteroatoms. The Morgan fingerprint density at radius 1 is 0.829 bits per heavy atom. The third-order valence-corrected chi connectivity index (χ3v) is 7.48. The molecule has 2 aliphatic rings. The maximum Gasteiger partial charge on any atom is 0.233 e. The molecule has 2 aromatic rings. The number of anilines is 5. The highest BCUT2D eigenvalue weighted by Crippen LogP contribution is 2.24. The number of likely N-dealkylation sites (tertiary alicyclic amines) is 1. The van der Waals surface area contributed by atoms with E-state index in [2.05, 4.69) is 70.8 Å². The lowest BCUT2D eigenvalue weighted by molar-refractivity contribution is 0.277. The summed E-state index contributed by atoms with van der Waals surface area (Å²) < 4.78 is 0. The average Bonchev–Trinajstić information content (AvgIpc) is 3.19. The third kappa shape index (κ3) is 7.19. The zero-order valence-corrected chi connectivity index (χ0v) is 21.9. The zero-order chi connectivity index (χ0) is 24.5. The number of nitrogens with zero attached hydrogens (tertiary/aromatic N) is 5. The second-order valence-electron chi connectivity index (χ2n) is 9.79. The molecule has 4 rings (SSSR count). The maximum absolute atomic E-state index is 4.76. The lowest BCUT2D eigenvalue weighted by Gasteiger charge is -2.23. The molecule has 192 valence electrons. The number of rotatable bonds is 11. The topological polar surface area (TPSA) is 81.2 Å². The van der Waals surface area contributed by atoms with Crippen LogP contribution in [0.2, 0.25) is 0 Å². The van der Waals surface area contributed by atoms with Crippen LogP contribution in [0.5, 0.6) is 0 Å². The van der Waals surface area contributed by atoms with Crippen LogP contribution in [0.1, 0.15) is 72.1 Å². The number of likely N-dealkylation sites (N-methyl/N-ethyl adjacent to an activating group) is 1. The third-order valence-electron chi connectivity index (χ3n) is 7.48. The smallest absolute Gasteiger partial charge is 0.233 e. The first-order valence-electron chi connectivity index (χ1n) is 13.8. The fourth-order valence-corrected chi connectivity index (χ4v) is 5.41. The average molecular weight is 481 g/mol. The van der Waals surface area contributed by atoms with Crippen molar-refractivity contribution in [3.63, 3.8) is 0 Å². The Hall–Kier alpha value is -2.61. The van der Waals surface area contributed by atoms with Crippen LogP contribution >= 0.6 is 0 Å². The summed E-state index contributed by atoms with van der Waals surface area (Å²) in [5.74, 6) is 1.88. The number of hydrogen-bond acceptors (Lipinski definition) is 8. The fourth-order valence-electron chi connectivity index (χ4n) is 5.41. The number of hydrogen-bond donors (Lipinski definition) is 3. The Labute approximate surface area is 211 Å². The first-order chi connectivity index (χ1) is 17.2. The molecule has 1 atom stereocenters. The SMILES string of the molecule is CCN(CC)c1ccc(Nc2nc(NCC3CCCN3CC)nc(NC3CCCCCC3)n2)cc1. The van der Waals surface area contributed by atoms with Gasteiger partial charge in [0.25, 0.3) is 0 Å². The van der Waals surface area contributed by atoms with Crippen molar-refractivity contribution in [2.75, 3.05) is 53.6 Å². The van der Waals surface area contributed by atoms with Crippen LogP contribution in [0.15, 0.2) is 24.3 Å². The van der Waals surface area contributed by atoms with E-state index in [-0.39, 0.29) is 0 Å².